The minimum absolute atomic E-state index is 0.0408. The van der Waals surface area contributed by atoms with Gasteiger partial charge in [-0.15, -0.1) is 0 Å². The first-order valence-electron chi connectivity index (χ1n) is 11.2. The number of carboxylic acids is 1. The molecule has 184 valence electrons. The molecule has 3 rings (SSSR count). The van der Waals surface area contributed by atoms with Crippen molar-refractivity contribution in [1.82, 2.24) is 4.98 Å². The van der Waals surface area contributed by atoms with Crippen molar-refractivity contribution in [1.29, 1.82) is 10.8 Å². The molecule has 0 spiro atoms. The zero-order valence-electron chi connectivity index (χ0n) is 19.7. The topological polar surface area (TPSA) is 149 Å². The van der Waals surface area contributed by atoms with Gasteiger partial charge in [-0.25, -0.2) is 0 Å². The fraction of sp³-hybridized carbons (Fsp3) is 0.185. The van der Waals surface area contributed by atoms with Crippen molar-refractivity contribution < 1.29 is 19.4 Å². The zero-order valence-corrected chi connectivity index (χ0v) is 19.7. The Labute approximate surface area is 208 Å². The van der Waals surface area contributed by atoms with Crippen molar-refractivity contribution in [3.63, 3.8) is 0 Å². The van der Waals surface area contributed by atoms with Gasteiger partial charge in [-0.2, -0.15) is 0 Å². The van der Waals surface area contributed by atoms with Crippen LogP contribution < -0.4 is 10.1 Å². The van der Waals surface area contributed by atoms with Gasteiger partial charge in [0.05, 0.1) is 18.7 Å². The molecule has 9 heteroatoms. The molecule has 0 saturated carbocycles. The summed E-state index contributed by atoms with van der Waals surface area (Å²) in [5.41, 5.74) is 1.65. The Morgan fingerprint density at radius 1 is 1.08 bits per heavy atom. The maximum absolute atomic E-state index is 13.9. The number of aliphatic imine (C=N–C) groups is 1. The van der Waals surface area contributed by atoms with Crippen LogP contribution in [0.1, 0.15) is 11.3 Å². The van der Waals surface area contributed by atoms with Gasteiger partial charge < -0.3 is 26.0 Å². The lowest BCUT2D eigenvalue weighted by Crippen LogP contribution is -2.44. The summed E-state index contributed by atoms with van der Waals surface area (Å²) in [4.78, 5) is 33.0. The van der Waals surface area contributed by atoms with E-state index in [-0.39, 0.29) is 17.8 Å². The fourth-order valence-electron chi connectivity index (χ4n) is 3.51. The number of anilines is 1. The number of nitrogens with zero attached hydrogens (tertiary/aromatic N) is 2. The highest BCUT2D eigenvalue weighted by Gasteiger charge is 2.32. The number of carboxylic acid groups (broad SMARTS) is 1. The number of carbonyl (C=O) groups is 2. The number of methoxy groups -OCH3 is 1. The molecule has 2 atom stereocenters. The van der Waals surface area contributed by atoms with Crippen LogP contribution in [0.4, 0.5) is 5.69 Å². The summed E-state index contributed by atoms with van der Waals surface area (Å²) >= 11 is 0. The highest BCUT2D eigenvalue weighted by Crippen LogP contribution is 2.20. The van der Waals surface area contributed by atoms with Gasteiger partial charge in [-0.3, -0.25) is 19.6 Å². The molecule has 1 heterocycles. The van der Waals surface area contributed by atoms with Gasteiger partial charge in [0, 0.05) is 42.0 Å². The average molecular weight is 486 g/mol. The Balaban J connectivity index is 1.98. The number of ether oxygens (including phenoxy) is 1. The van der Waals surface area contributed by atoms with E-state index in [0.29, 0.717) is 22.7 Å². The lowest BCUT2D eigenvalue weighted by molar-refractivity contribution is -0.135. The first kappa shape index (κ1) is 26.0. The number of carbonyl (C=O) groups excluding carboxylic acids is 1. The summed E-state index contributed by atoms with van der Waals surface area (Å²) in [5.74, 6) is -2.28. The van der Waals surface area contributed by atoms with Gasteiger partial charge in [-0.1, -0.05) is 42.5 Å². The van der Waals surface area contributed by atoms with E-state index in [9.17, 15) is 9.59 Å². The van der Waals surface area contributed by atoms with Crippen molar-refractivity contribution in [2.75, 3.05) is 19.0 Å². The van der Waals surface area contributed by atoms with Crippen LogP contribution in [-0.2, 0) is 16.0 Å². The van der Waals surface area contributed by atoms with E-state index in [0.717, 1.165) is 0 Å². The third-order valence-electron chi connectivity index (χ3n) is 5.29. The van der Waals surface area contributed by atoms with Crippen molar-refractivity contribution >= 4 is 35.1 Å². The Morgan fingerprint density at radius 3 is 2.50 bits per heavy atom. The van der Waals surface area contributed by atoms with Gasteiger partial charge >= 0.3 is 5.97 Å². The molecule has 36 heavy (non-hydrogen) atoms. The fourth-order valence-corrected chi connectivity index (χ4v) is 3.51. The zero-order chi connectivity index (χ0) is 25.9. The van der Waals surface area contributed by atoms with Gasteiger partial charge in [0.25, 0.3) is 0 Å². The highest BCUT2D eigenvalue weighted by molar-refractivity contribution is 6.27. The molecule has 2 aromatic carbocycles. The lowest BCUT2D eigenvalue weighted by Gasteiger charge is -2.24. The molecule has 9 nitrogen and oxygen atoms in total. The van der Waals surface area contributed by atoms with E-state index in [4.69, 9.17) is 20.7 Å². The van der Waals surface area contributed by atoms with E-state index in [2.05, 4.69) is 15.3 Å². The number of rotatable bonds is 13. The second-order valence-corrected chi connectivity index (χ2v) is 7.88. The average Bonchev–Trinajstić information content (AvgIpc) is 2.90. The third kappa shape index (κ3) is 7.17. The number of hydrogen-bond acceptors (Lipinski definition) is 8. The van der Waals surface area contributed by atoms with Crippen LogP contribution >= 0.6 is 0 Å². The van der Waals surface area contributed by atoms with Gasteiger partial charge in [0.2, 0.25) is 0 Å². The first-order chi connectivity index (χ1) is 17.4. The smallest absolute Gasteiger partial charge is 0.325 e. The molecule has 2 unspecified atom stereocenters. The van der Waals surface area contributed by atoms with Crippen LogP contribution in [-0.4, -0.2) is 59.2 Å². The summed E-state index contributed by atoms with van der Waals surface area (Å²) in [6.07, 6.45) is 2.90. The normalized spacial score (nSPS) is 12.5. The summed E-state index contributed by atoms with van der Waals surface area (Å²) in [7, 11) is 1.53. The predicted molar refractivity (Wildman–Crippen MR) is 139 cm³/mol. The second kappa shape index (κ2) is 12.7. The Hall–Kier alpha value is -4.66. The standard InChI is InChI=1S/C27H27N5O4/c1-36-21-12-7-11-20(14-21)32-26(23(28)15-19-10-5-6-13-31-19)27(35)22(16-30-17-24(33)34)25(29)18-8-3-2-4-9-18/h2-14,16,22,26,28-29,32H,15,17H2,1H3,(H,33,34). The quantitative estimate of drug-likeness (QED) is 0.272. The molecule has 4 N–H and O–H groups in total. The maximum Gasteiger partial charge on any atom is 0.325 e. The van der Waals surface area contributed by atoms with E-state index in [1.807, 2.05) is 0 Å². The number of ketones is 1. The Kier molecular flexibility index (Phi) is 9.16. The summed E-state index contributed by atoms with van der Waals surface area (Å²) in [6.45, 7) is -0.536. The molecule has 0 bridgehead atoms. The summed E-state index contributed by atoms with van der Waals surface area (Å²) in [5, 5.41) is 29.6. The molecule has 0 saturated heterocycles. The van der Waals surface area contributed by atoms with Crippen LogP contribution in [0.5, 0.6) is 5.75 Å². The molecule has 0 aliphatic heterocycles. The van der Waals surface area contributed by atoms with Crippen LogP contribution in [0.3, 0.4) is 0 Å². The van der Waals surface area contributed by atoms with Crippen molar-refractivity contribution in [3.8, 4) is 5.75 Å². The van der Waals surface area contributed by atoms with Crippen LogP contribution in [0.15, 0.2) is 84.0 Å². The summed E-state index contributed by atoms with van der Waals surface area (Å²) < 4.78 is 5.27. The molecule has 0 fully saturated rings. The van der Waals surface area contributed by atoms with E-state index in [1.165, 1.54) is 13.3 Å². The second-order valence-electron chi connectivity index (χ2n) is 7.88. The Morgan fingerprint density at radius 2 is 1.83 bits per heavy atom. The molecule has 0 amide bonds. The summed E-state index contributed by atoms with van der Waals surface area (Å²) in [6, 6.07) is 19.8. The maximum atomic E-state index is 13.9. The largest absolute Gasteiger partial charge is 0.497 e. The van der Waals surface area contributed by atoms with Gasteiger partial charge in [0.15, 0.2) is 5.78 Å². The van der Waals surface area contributed by atoms with Crippen molar-refractivity contribution in [2.24, 2.45) is 10.9 Å². The van der Waals surface area contributed by atoms with E-state index in [1.54, 1.807) is 79.0 Å². The van der Waals surface area contributed by atoms with E-state index < -0.39 is 30.3 Å². The molecular weight excluding hydrogens is 458 g/mol. The van der Waals surface area contributed by atoms with Gasteiger partial charge in [-0.05, 0) is 29.8 Å². The third-order valence-corrected chi connectivity index (χ3v) is 5.29. The van der Waals surface area contributed by atoms with Crippen molar-refractivity contribution in [3.05, 3.63) is 90.3 Å². The van der Waals surface area contributed by atoms with E-state index >= 15 is 0 Å². The minimum Gasteiger partial charge on any atom is -0.497 e. The number of hydrogen-bond donors (Lipinski definition) is 4. The van der Waals surface area contributed by atoms with Crippen molar-refractivity contribution in [2.45, 2.75) is 12.5 Å². The molecular formula is C27H27N5O4. The minimum atomic E-state index is -1.18. The number of pyridine rings is 1. The molecule has 0 aliphatic carbocycles. The molecule has 0 radical (unpaired) electrons. The number of nitrogens with one attached hydrogen (secondary N) is 3. The van der Waals surface area contributed by atoms with Crippen LogP contribution in [0, 0.1) is 16.7 Å². The number of benzene rings is 2. The monoisotopic (exact) mass is 485 g/mol. The molecule has 0 aliphatic rings. The SMILES string of the molecule is COc1cccc(NC(C(=N)Cc2ccccn2)C(=O)C(C=NCC(=O)O)C(=N)c2ccccc2)c1. The van der Waals surface area contributed by atoms with Crippen LogP contribution in [0.2, 0.25) is 0 Å². The molecule has 3 aromatic rings. The lowest BCUT2D eigenvalue weighted by atomic mass is 9.87. The molecule has 1 aromatic heterocycles. The Bertz CT molecular complexity index is 1250. The predicted octanol–water partition coefficient (Wildman–Crippen LogP) is 3.54. The number of aromatic nitrogens is 1. The van der Waals surface area contributed by atoms with Gasteiger partial charge in [0.1, 0.15) is 18.3 Å². The first-order valence-corrected chi connectivity index (χ1v) is 11.2. The van der Waals surface area contributed by atoms with Crippen LogP contribution in [0.25, 0.3) is 0 Å². The number of aliphatic carboxylic acids is 1. The highest BCUT2D eigenvalue weighted by atomic mass is 16.5. The number of Topliss-reactive ketones (excluding diaryl/α,β-unsaturated/α-hetero) is 1.